The highest BCUT2D eigenvalue weighted by molar-refractivity contribution is 5.90. The Morgan fingerprint density at radius 2 is 2.08 bits per heavy atom. The summed E-state index contributed by atoms with van der Waals surface area (Å²) in [6, 6.07) is 4.30. The van der Waals surface area contributed by atoms with Gasteiger partial charge in [-0.3, -0.25) is 0 Å². The van der Waals surface area contributed by atoms with E-state index in [1.165, 1.54) is 12.1 Å². The molecule has 0 saturated carbocycles. The van der Waals surface area contributed by atoms with Gasteiger partial charge in [0.05, 0.1) is 6.61 Å². The SMILES string of the molecule is CCOC(=O)c1cc(-c2ccc(F)cc2F)c2c(n1)OC(C(F)F)CC2. The van der Waals surface area contributed by atoms with Crippen molar-refractivity contribution in [2.24, 2.45) is 0 Å². The molecular weight excluding hydrogens is 354 g/mol. The van der Waals surface area contributed by atoms with Crippen LogP contribution >= 0.6 is 0 Å². The molecule has 1 aliphatic heterocycles. The third kappa shape index (κ3) is 3.49. The van der Waals surface area contributed by atoms with Crippen LogP contribution in [0.25, 0.3) is 11.1 Å². The third-order valence-corrected chi connectivity index (χ3v) is 4.02. The molecule has 0 N–H and O–H groups in total. The second-order valence-corrected chi connectivity index (χ2v) is 5.71. The minimum absolute atomic E-state index is 0.0148. The Labute approximate surface area is 146 Å². The van der Waals surface area contributed by atoms with E-state index >= 15 is 0 Å². The summed E-state index contributed by atoms with van der Waals surface area (Å²) in [6.07, 6.45) is -3.91. The summed E-state index contributed by atoms with van der Waals surface area (Å²) >= 11 is 0. The molecule has 0 bridgehead atoms. The van der Waals surface area contributed by atoms with Crippen molar-refractivity contribution in [3.05, 3.63) is 47.2 Å². The highest BCUT2D eigenvalue weighted by Gasteiger charge is 2.31. The van der Waals surface area contributed by atoms with E-state index in [2.05, 4.69) is 4.98 Å². The average molecular weight is 369 g/mol. The van der Waals surface area contributed by atoms with Crippen LogP contribution in [0.5, 0.6) is 5.88 Å². The lowest BCUT2D eigenvalue weighted by atomic mass is 9.94. The highest BCUT2D eigenvalue weighted by Crippen LogP contribution is 2.37. The van der Waals surface area contributed by atoms with Crippen molar-refractivity contribution in [2.45, 2.75) is 32.3 Å². The monoisotopic (exact) mass is 369 g/mol. The fourth-order valence-corrected chi connectivity index (χ4v) is 2.81. The zero-order valence-electron chi connectivity index (χ0n) is 13.8. The number of hydrogen-bond acceptors (Lipinski definition) is 4. The normalized spacial score (nSPS) is 16.2. The number of nitrogens with zero attached hydrogens (tertiary/aromatic N) is 1. The zero-order chi connectivity index (χ0) is 18.8. The van der Waals surface area contributed by atoms with E-state index in [0.717, 1.165) is 6.07 Å². The quantitative estimate of drug-likeness (QED) is 0.600. The van der Waals surface area contributed by atoms with Gasteiger partial charge in [0.15, 0.2) is 11.8 Å². The Bertz CT molecular complexity index is 841. The highest BCUT2D eigenvalue weighted by atomic mass is 19.3. The average Bonchev–Trinajstić information content (AvgIpc) is 2.60. The minimum Gasteiger partial charge on any atom is -0.468 e. The maximum atomic E-state index is 14.3. The Morgan fingerprint density at radius 3 is 2.73 bits per heavy atom. The van der Waals surface area contributed by atoms with Crippen LogP contribution < -0.4 is 4.74 Å². The zero-order valence-corrected chi connectivity index (χ0v) is 13.8. The molecular formula is C18H15F4NO3. The van der Waals surface area contributed by atoms with Gasteiger partial charge in [0.25, 0.3) is 6.43 Å². The number of rotatable bonds is 4. The fraction of sp³-hybridized carbons (Fsp3) is 0.333. The molecule has 0 fully saturated rings. The second-order valence-electron chi connectivity index (χ2n) is 5.71. The number of benzene rings is 1. The van der Waals surface area contributed by atoms with E-state index < -0.39 is 30.1 Å². The standard InChI is InChI=1S/C18H15F4NO3/c1-2-25-18(24)14-8-12(10-4-3-9(19)7-13(10)20)11-5-6-15(16(21)22)26-17(11)23-14/h3-4,7-8,15-16H,2,5-6H2,1H3. The van der Waals surface area contributed by atoms with Gasteiger partial charge in [-0.1, -0.05) is 0 Å². The number of alkyl halides is 2. The van der Waals surface area contributed by atoms with Crippen LogP contribution in [0.15, 0.2) is 24.3 Å². The topological polar surface area (TPSA) is 48.4 Å². The van der Waals surface area contributed by atoms with Crippen molar-refractivity contribution in [3.8, 4) is 17.0 Å². The van der Waals surface area contributed by atoms with Crippen molar-refractivity contribution >= 4 is 5.97 Å². The first-order valence-electron chi connectivity index (χ1n) is 8.02. The first-order chi connectivity index (χ1) is 12.4. The third-order valence-electron chi connectivity index (χ3n) is 4.02. The van der Waals surface area contributed by atoms with Gasteiger partial charge in [-0.15, -0.1) is 0 Å². The molecule has 2 aromatic rings. The Kier molecular flexibility index (Phi) is 5.11. The number of fused-ring (bicyclic) bond motifs is 1. The van der Waals surface area contributed by atoms with Gasteiger partial charge < -0.3 is 9.47 Å². The summed E-state index contributed by atoms with van der Waals surface area (Å²) in [5.74, 6) is -2.55. The lowest BCUT2D eigenvalue weighted by Crippen LogP contribution is -2.31. The number of carbonyl (C=O) groups is 1. The summed E-state index contributed by atoms with van der Waals surface area (Å²) in [6.45, 7) is 1.68. The van der Waals surface area contributed by atoms with Crippen molar-refractivity contribution in [2.75, 3.05) is 6.61 Å². The molecule has 1 aliphatic rings. The summed E-state index contributed by atoms with van der Waals surface area (Å²) in [4.78, 5) is 16.0. The number of aromatic nitrogens is 1. The smallest absolute Gasteiger partial charge is 0.357 e. The van der Waals surface area contributed by atoms with E-state index in [-0.39, 0.29) is 42.1 Å². The molecule has 1 aromatic heterocycles. The minimum atomic E-state index is -2.72. The second kappa shape index (κ2) is 7.31. The van der Waals surface area contributed by atoms with Crippen molar-refractivity contribution in [3.63, 3.8) is 0 Å². The van der Waals surface area contributed by atoms with E-state index in [4.69, 9.17) is 9.47 Å². The molecule has 0 amide bonds. The van der Waals surface area contributed by atoms with Gasteiger partial charge in [0, 0.05) is 17.2 Å². The lowest BCUT2D eigenvalue weighted by molar-refractivity contribution is -0.00228. The van der Waals surface area contributed by atoms with Gasteiger partial charge >= 0.3 is 5.97 Å². The lowest BCUT2D eigenvalue weighted by Gasteiger charge is -2.26. The summed E-state index contributed by atoms with van der Waals surface area (Å²) in [7, 11) is 0. The van der Waals surface area contributed by atoms with Crippen LogP contribution in [0.3, 0.4) is 0 Å². The van der Waals surface area contributed by atoms with Crippen LogP contribution in [0, 0.1) is 11.6 Å². The fourth-order valence-electron chi connectivity index (χ4n) is 2.81. The van der Waals surface area contributed by atoms with Crippen LogP contribution in [0.2, 0.25) is 0 Å². The maximum Gasteiger partial charge on any atom is 0.357 e. The van der Waals surface area contributed by atoms with Crippen molar-refractivity contribution < 1.29 is 31.8 Å². The molecule has 0 spiro atoms. The molecule has 2 heterocycles. The van der Waals surface area contributed by atoms with E-state index in [9.17, 15) is 22.4 Å². The molecule has 3 rings (SSSR count). The van der Waals surface area contributed by atoms with Crippen LogP contribution in [-0.2, 0) is 11.2 Å². The van der Waals surface area contributed by atoms with Crippen LogP contribution in [0.1, 0.15) is 29.4 Å². The van der Waals surface area contributed by atoms with E-state index in [1.54, 1.807) is 6.92 Å². The van der Waals surface area contributed by atoms with Crippen LogP contribution in [0.4, 0.5) is 17.6 Å². The number of halogens is 4. The maximum absolute atomic E-state index is 14.3. The molecule has 0 radical (unpaired) electrons. The van der Waals surface area contributed by atoms with Crippen molar-refractivity contribution in [1.82, 2.24) is 4.98 Å². The molecule has 1 aromatic carbocycles. The number of carbonyl (C=O) groups excluding carboxylic acids is 1. The number of esters is 1. The molecule has 1 atom stereocenters. The Balaban J connectivity index is 2.15. The summed E-state index contributed by atoms with van der Waals surface area (Å²) < 4.78 is 63.5. The predicted octanol–water partition coefficient (Wildman–Crippen LogP) is 4.16. The Morgan fingerprint density at radius 1 is 1.31 bits per heavy atom. The van der Waals surface area contributed by atoms with Gasteiger partial charge in [-0.25, -0.2) is 27.3 Å². The van der Waals surface area contributed by atoms with E-state index in [0.29, 0.717) is 11.6 Å². The number of pyridine rings is 1. The van der Waals surface area contributed by atoms with Crippen molar-refractivity contribution in [1.29, 1.82) is 0 Å². The molecule has 8 heteroatoms. The number of hydrogen-bond donors (Lipinski definition) is 0. The molecule has 4 nitrogen and oxygen atoms in total. The van der Waals surface area contributed by atoms with Gasteiger partial charge in [0.1, 0.15) is 11.6 Å². The molecule has 0 saturated heterocycles. The first-order valence-corrected chi connectivity index (χ1v) is 8.02. The summed E-state index contributed by atoms with van der Waals surface area (Å²) in [5, 5.41) is 0. The van der Waals surface area contributed by atoms with Gasteiger partial charge in [0.2, 0.25) is 5.88 Å². The van der Waals surface area contributed by atoms with Gasteiger partial charge in [-0.2, -0.15) is 0 Å². The summed E-state index contributed by atoms with van der Waals surface area (Å²) in [5.41, 5.74) is 0.456. The van der Waals surface area contributed by atoms with Crippen LogP contribution in [-0.4, -0.2) is 30.1 Å². The van der Waals surface area contributed by atoms with E-state index in [1.807, 2.05) is 0 Å². The van der Waals surface area contributed by atoms with Gasteiger partial charge in [-0.05, 0) is 43.5 Å². The molecule has 0 aliphatic carbocycles. The molecule has 1 unspecified atom stereocenters. The predicted molar refractivity (Wildman–Crippen MR) is 84.3 cm³/mol. The number of ether oxygens (including phenoxy) is 2. The Hall–Kier alpha value is -2.64. The first kappa shape index (κ1) is 18.2. The molecule has 138 valence electrons. The largest absolute Gasteiger partial charge is 0.468 e. The molecule has 26 heavy (non-hydrogen) atoms.